The summed E-state index contributed by atoms with van der Waals surface area (Å²) >= 11 is 0. The quantitative estimate of drug-likeness (QED) is 0.727. The number of amides is 1. The summed E-state index contributed by atoms with van der Waals surface area (Å²) in [6.07, 6.45) is 3.10. The Balaban J connectivity index is 0.00000288. The zero-order valence-electron chi connectivity index (χ0n) is 14.6. The average Bonchev–Trinajstić information content (AvgIpc) is 2.59. The Hall–Kier alpha value is -1.30. The first-order valence-corrected chi connectivity index (χ1v) is 8.40. The molecule has 0 spiro atoms. The van der Waals surface area contributed by atoms with Crippen LogP contribution < -0.4 is 10.1 Å². The zero-order valence-corrected chi connectivity index (χ0v) is 15.4. The number of hydrogen-bond acceptors (Lipinski definition) is 4. The van der Waals surface area contributed by atoms with E-state index in [9.17, 15) is 4.79 Å². The first kappa shape index (κ1) is 20.7. The molecular formula is C18H29ClN2O3. The van der Waals surface area contributed by atoms with Gasteiger partial charge in [-0.2, -0.15) is 0 Å². The minimum atomic E-state index is 0. The maximum absolute atomic E-state index is 12.7. The maximum Gasteiger partial charge on any atom is 0.253 e. The van der Waals surface area contributed by atoms with Crippen LogP contribution in [-0.2, 0) is 4.74 Å². The molecule has 1 aliphatic heterocycles. The Morgan fingerprint density at radius 1 is 1.38 bits per heavy atom. The summed E-state index contributed by atoms with van der Waals surface area (Å²) in [5.41, 5.74) is 0.708. The SMILES string of the molecule is CNCC1CCCN(C(=O)c2cccc(OCCCOC)c2)C1.Cl. The molecule has 0 aliphatic carbocycles. The van der Waals surface area contributed by atoms with Gasteiger partial charge in [0.1, 0.15) is 5.75 Å². The van der Waals surface area contributed by atoms with E-state index in [1.165, 1.54) is 6.42 Å². The number of carbonyl (C=O) groups excluding carboxylic acids is 1. The van der Waals surface area contributed by atoms with Gasteiger partial charge in [-0.1, -0.05) is 6.07 Å². The third-order valence-corrected chi connectivity index (χ3v) is 4.14. The molecule has 136 valence electrons. The first-order valence-electron chi connectivity index (χ1n) is 8.40. The van der Waals surface area contributed by atoms with Gasteiger partial charge in [-0.05, 0) is 50.6 Å². The van der Waals surface area contributed by atoms with E-state index in [2.05, 4.69) is 5.32 Å². The molecule has 0 bridgehead atoms. The highest BCUT2D eigenvalue weighted by Crippen LogP contribution is 2.20. The minimum Gasteiger partial charge on any atom is -0.493 e. The van der Waals surface area contributed by atoms with E-state index in [0.29, 0.717) is 24.7 Å². The van der Waals surface area contributed by atoms with Crippen LogP contribution in [0.25, 0.3) is 0 Å². The van der Waals surface area contributed by atoms with Crippen LogP contribution >= 0.6 is 12.4 Å². The van der Waals surface area contributed by atoms with Gasteiger partial charge in [0.05, 0.1) is 6.61 Å². The predicted octanol–water partition coefficient (Wildman–Crippen LogP) is 2.60. The molecule has 1 amide bonds. The van der Waals surface area contributed by atoms with Crippen molar-refractivity contribution in [2.24, 2.45) is 5.92 Å². The normalized spacial score (nSPS) is 17.2. The monoisotopic (exact) mass is 356 g/mol. The highest BCUT2D eigenvalue weighted by atomic mass is 35.5. The van der Waals surface area contributed by atoms with Crippen LogP contribution in [0.15, 0.2) is 24.3 Å². The zero-order chi connectivity index (χ0) is 16.5. The maximum atomic E-state index is 12.7. The smallest absolute Gasteiger partial charge is 0.253 e. The molecule has 0 saturated carbocycles. The van der Waals surface area contributed by atoms with Crippen molar-refractivity contribution in [1.29, 1.82) is 0 Å². The summed E-state index contributed by atoms with van der Waals surface area (Å²) < 4.78 is 10.7. The molecule has 24 heavy (non-hydrogen) atoms. The van der Waals surface area contributed by atoms with Gasteiger partial charge >= 0.3 is 0 Å². The second-order valence-electron chi connectivity index (χ2n) is 6.04. The molecule has 1 aromatic rings. The van der Waals surface area contributed by atoms with Gasteiger partial charge in [-0.3, -0.25) is 4.79 Å². The Bertz CT molecular complexity index is 497. The summed E-state index contributed by atoms with van der Waals surface area (Å²) in [7, 11) is 3.64. The second-order valence-corrected chi connectivity index (χ2v) is 6.04. The van der Waals surface area contributed by atoms with Gasteiger partial charge in [-0.15, -0.1) is 12.4 Å². The van der Waals surface area contributed by atoms with Crippen molar-refractivity contribution in [3.8, 4) is 5.75 Å². The van der Waals surface area contributed by atoms with Crippen molar-refractivity contribution in [3.63, 3.8) is 0 Å². The summed E-state index contributed by atoms with van der Waals surface area (Å²) in [5.74, 6) is 1.40. The van der Waals surface area contributed by atoms with Crippen molar-refractivity contribution in [2.75, 3.05) is 47.0 Å². The van der Waals surface area contributed by atoms with Gasteiger partial charge in [0.2, 0.25) is 0 Å². The van der Waals surface area contributed by atoms with Gasteiger partial charge in [0.15, 0.2) is 0 Å². The number of piperidine rings is 1. The molecule has 1 unspecified atom stereocenters. The van der Waals surface area contributed by atoms with Crippen LogP contribution in [0.4, 0.5) is 0 Å². The number of benzene rings is 1. The van der Waals surface area contributed by atoms with Crippen molar-refractivity contribution < 1.29 is 14.3 Å². The van der Waals surface area contributed by atoms with Crippen LogP contribution in [-0.4, -0.2) is 57.8 Å². The number of halogens is 1. The van der Waals surface area contributed by atoms with Gasteiger partial charge < -0.3 is 19.7 Å². The topological polar surface area (TPSA) is 50.8 Å². The Morgan fingerprint density at radius 3 is 2.96 bits per heavy atom. The second kappa shape index (κ2) is 11.3. The number of likely N-dealkylation sites (tertiary alicyclic amines) is 1. The largest absolute Gasteiger partial charge is 0.493 e. The lowest BCUT2D eigenvalue weighted by Crippen LogP contribution is -2.42. The predicted molar refractivity (Wildman–Crippen MR) is 98.2 cm³/mol. The first-order chi connectivity index (χ1) is 11.2. The number of carbonyl (C=O) groups is 1. The summed E-state index contributed by atoms with van der Waals surface area (Å²) in [6.45, 7) is 3.92. The van der Waals surface area contributed by atoms with Crippen LogP contribution in [0.1, 0.15) is 29.6 Å². The van der Waals surface area contributed by atoms with E-state index < -0.39 is 0 Å². The van der Waals surface area contributed by atoms with E-state index in [1.807, 2.05) is 36.2 Å². The fraction of sp³-hybridized carbons (Fsp3) is 0.611. The molecule has 1 fully saturated rings. The van der Waals surface area contributed by atoms with Crippen molar-refractivity contribution in [1.82, 2.24) is 10.2 Å². The standard InChI is InChI=1S/C18H28N2O3.ClH/c1-19-13-15-6-4-9-20(14-15)18(21)16-7-3-8-17(12-16)23-11-5-10-22-2;/h3,7-8,12,15,19H,4-6,9-11,13-14H2,1-2H3;1H. The van der Waals surface area contributed by atoms with Crippen molar-refractivity contribution >= 4 is 18.3 Å². The Morgan fingerprint density at radius 2 is 2.21 bits per heavy atom. The van der Waals surface area contributed by atoms with E-state index in [0.717, 1.165) is 38.2 Å². The Kier molecular flexibility index (Phi) is 9.76. The third-order valence-electron chi connectivity index (χ3n) is 4.14. The van der Waals surface area contributed by atoms with E-state index in [4.69, 9.17) is 9.47 Å². The lowest BCUT2D eigenvalue weighted by molar-refractivity contribution is 0.0673. The van der Waals surface area contributed by atoms with Crippen LogP contribution in [0.2, 0.25) is 0 Å². The molecule has 5 nitrogen and oxygen atoms in total. The van der Waals surface area contributed by atoms with E-state index in [1.54, 1.807) is 7.11 Å². The number of ether oxygens (including phenoxy) is 2. The summed E-state index contributed by atoms with van der Waals surface area (Å²) in [5, 5.41) is 3.21. The minimum absolute atomic E-state index is 0. The fourth-order valence-electron chi connectivity index (χ4n) is 3.00. The summed E-state index contributed by atoms with van der Waals surface area (Å²) in [4.78, 5) is 14.7. The van der Waals surface area contributed by atoms with Crippen LogP contribution in [0.5, 0.6) is 5.75 Å². The molecule has 0 radical (unpaired) electrons. The molecule has 1 aromatic carbocycles. The lowest BCUT2D eigenvalue weighted by Gasteiger charge is -2.32. The van der Waals surface area contributed by atoms with Crippen molar-refractivity contribution in [3.05, 3.63) is 29.8 Å². The molecule has 1 heterocycles. The average molecular weight is 357 g/mol. The molecule has 2 rings (SSSR count). The number of nitrogens with zero attached hydrogens (tertiary/aromatic N) is 1. The lowest BCUT2D eigenvalue weighted by atomic mass is 9.97. The van der Waals surface area contributed by atoms with E-state index >= 15 is 0 Å². The molecule has 1 N–H and O–H groups in total. The number of nitrogens with one attached hydrogen (secondary N) is 1. The van der Waals surface area contributed by atoms with Crippen LogP contribution in [0.3, 0.4) is 0 Å². The van der Waals surface area contributed by atoms with Gasteiger partial charge in [0, 0.05) is 38.8 Å². The highest BCUT2D eigenvalue weighted by Gasteiger charge is 2.24. The molecular weight excluding hydrogens is 328 g/mol. The molecule has 1 saturated heterocycles. The highest BCUT2D eigenvalue weighted by molar-refractivity contribution is 5.94. The fourth-order valence-corrected chi connectivity index (χ4v) is 3.00. The van der Waals surface area contributed by atoms with Crippen molar-refractivity contribution in [2.45, 2.75) is 19.3 Å². The van der Waals surface area contributed by atoms with Crippen LogP contribution in [0, 0.1) is 5.92 Å². The summed E-state index contributed by atoms with van der Waals surface area (Å²) in [6, 6.07) is 7.49. The van der Waals surface area contributed by atoms with Gasteiger partial charge in [-0.25, -0.2) is 0 Å². The number of rotatable bonds is 8. The van der Waals surface area contributed by atoms with Gasteiger partial charge in [0.25, 0.3) is 5.91 Å². The van der Waals surface area contributed by atoms with E-state index in [-0.39, 0.29) is 18.3 Å². The molecule has 0 aromatic heterocycles. The third kappa shape index (κ3) is 6.30. The molecule has 1 aliphatic rings. The molecule has 6 heteroatoms. The Labute approximate surface area is 151 Å². The number of hydrogen-bond donors (Lipinski definition) is 1. The number of methoxy groups -OCH3 is 1. The molecule has 1 atom stereocenters.